The first-order chi connectivity index (χ1) is 15.5. The lowest BCUT2D eigenvalue weighted by Gasteiger charge is -2.22. The molecule has 0 N–H and O–H groups in total. The Morgan fingerprint density at radius 2 is 1.03 bits per heavy atom. The Bertz CT molecular complexity index is 877. The van der Waals surface area contributed by atoms with E-state index >= 15 is 0 Å². The Morgan fingerprint density at radius 3 is 1.44 bits per heavy atom. The van der Waals surface area contributed by atoms with Crippen molar-refractivity contribution in [3.63, 3.8) is 0 Å². The topological polar surface area (TPSA) is 15.7 Å². The molecule has 0 radical (unpaired) electrons. The summed E-state index contributed by atoms with van der Waals surface area (Å²) in [6.07, 6.45) is 4.89. The van der Waals surface area contributed by atoms with E-state index in [4.69, 9.17) is 4.74 Å². The molecule has 0 heterocycles. The first kappa shape index (κ1) is 23.7. The number of hydrogen-bond acceptors (Lipinski definition) is 3. The molecular formula is C29H38N2O. The van der Waals surface area contributed by atoms with E-state index in [0.29, 0.717) is 0 Å². The molecule has 0 aliphatic rings. The monoisotopic (exact) mass is 430 g/mol. The van der Waals surface area contributed by atoms with Gasteiger partial charge in [0.15, 0.2) is 0 Å². The SMILES string of the molecule is CCCCCCOc1ccc(C(c2ccc(N(C)C)cc2)c2ccc(N(C)C)cc2)cc1. The lowest BCUT2D eigenvalue weighted by Crippen LogP contribution is -2.10. The maximum Gasteiger partial charge on any atom is 0.119 e. The van der Waals surface area contributed by atoms with Crippen LogP contribution in [0.5, 0.6) is 5.75 Å². The van der Waals surface area contributed by atoms with Crippen molar-refractivity contribution in [1.82, 2.24) is 0 Å². The molecule has 0 bridgehead atoms. The smallest absolute Gasteiger partial charge is 0.119 e. The van der Waals surface area contributed by atoms with Crippen molar-refractivity contribution in [1.29, 1.82) is 0 Å². The summed E-state index contributed by atoms with van der Waals surface area (Å²) in [6, 6.07) is 26.4. The zero-order valence-electron chi connectivity index (χ0n) is 20.3. The van der Waals surface area contributed by atoms with Gasteiger partial charge in [0.1, 0.15) is 5.75 Å². The Morgan fingerprint density at radius 1 is 0.594 bits per heavy atom. The van der Waals surface area contributed by atoms with E-state index in [1.165, 1.54) is 47.3 Å². The summed E-state index contributed by atoms with van der Waals surface area (Å²) >= 11 is 0. The molecule has 0 aliphatic heterocycles. The Labute approximate surface area is 194 Å². The average Bonchev–Trinajstić information content (AvgIpc) is 2.81. The molecule has 32 heavy (non-hydrogen) atoms. The molecule has 3 heteroatoms. The van der Waals surface area contributed by atoms with Crippen molar-refractivity contribution >= 4 is 11.4 Å². The number of anilines is 2. The molecule has 0 aliphatic carbocycles. The van der Waals surface area contributed by atoms with E-state index in [1.54, 1.807) is 0 Å². The number of rotatable bonds is 11. The van der Waals surface area contributed by atoms with Gasteiger partial charge in [-0.05, 0) is 59.5 Å². The second kappa shape index (κ2) is 11.6. The van der Waals surface area contributed by atoms with E-state index in [1.807, 2.05) is 0 Å². The molecule has 3 aromatic carbocycles. The van der Waals surface area contributed by atoms with Crippen molar-refractivity contribution in [3.05, 3.63) is 89.5 Å². The van der Waals surface area contributed by atoms with Gasteiger partial charge in [0.25, 0.3) is 0 Å². The van der Waals surface area contributed by atoms with E-state index in [9.17, 15) is 0 Å². The second-order valence-electron chi connectivity index (χ2n) is 8.88. The van der Waals surface area contributed by atoms with Crippen LogP contribution in [0.25, 0.3) is 0 Å². The van der Waals surface area contributed by atoms with Gasteiger partial charge in [-0.2, -0.15) is 0 Å². The highest BCUT2D eigenvalue weighted by Crippen LogP contribution is 2.34. The maximum absolute atomic E-state index is 5.97. The molecule has 0 aromatic heterocycles. The highest BCUT2D eigenvalue weighted by atomic mass is 16.5. The van der Waals surface area contributed by atoms with Crippen LogP contribution in [0, 0.1) is 0 Å². The van der Waals surface area contributed by atoms with Gasteiger partial charge in [-0.15, -0.1) is 0 Å². The number of ether oxygens (including phenoxy) is 1. The Kier molecular flexibility index (Phi) is 8.61. The van der Waals surface area contributed by atoms with Crippen molar-refractivity contribution in [2.24, 2.45) is 0 Å². The fraction of sp³-hybridized carbons (Fsp3) is 0.379. The molecule has 0 saturated heterocycles. The summed E-state index contributed by atoms with van der Waals surface area (Å²) in [4.78, 5) is 4.27. The van der Waals surface area contributed by atoms with Gasteiger partial charge in [0.05, 0.1) is 6.61 Å². The summed E-state index contributed by atoms with van der Waals surface area (Å²) in [5, 5.41) is 0. The summed E-state index contributed by atoms with van der Waals surface area (Å²) < 4.78 is 5.97. The molecule has 0 saturated carbocycles. The minimum atomic E-state index is 0.182. The Hall–Kier alpha value is -2.94. The quantitative estimate of drug-likeness (QED) is 0.242. The van der Waals surface area contributed by atoms with Crippen LogP contribution in [0.15, 0.2) is 72.8 Å². The van der Waals surface area contributed by atoms with E-state index in [2.05, 4.69) is 118 Å². The number of unbranched alkanes of at least 4 members (excludes halogenated alkanes) is 3. The third-order valence-electron chi connectivity index (χ3n) is 5.97. The third kappa shape index (κ3) is 6.29. The van der Waals surface area contributed by atoms with Gasteiger partial charge < -0.3 is 14.5 Å². The van der Waals surface area contributed by atoms with Crippen LogP contribution < -0.4 is 14.5 Å². The first-order valence-electron chi connectivity index (χ1n) is 11.8. The van der Waals surface area contributed by atoms with Crippen LogP contribution in [0.3, 0.4) is 0 Å². The van der Waals surface area contributed by atoms with Crippen molar-refractivity contribution < 1.29 is 4.74 Å². The molecule has 0 unspecified atom stereocenters. The second-order valence-corrected chi connectivity index (χ2v) is 8.88. The molecule has 170 valence electrons. The van der Waals surface area contributed by atoms with Crippen molar-refractivity contribution in [2.75, 3.05) is 44.6 Å². The van der Waals surface area contributed by atoms with Crippen LogP contribution in [-0.4, -0.2) is 34.8 Å². The molecular weight excluding hydrogens is 392 g/mol. The predicted molar refractivity (Wildman–Crippen MR) is 139 cm³/mol. The molecule has 0 spiro atoms. The molecule has 0 atom stereocenters. The maximum atomic E-state index is 5.97. The molecule has 3 aromatic rings. The highest BCUT2D eigenvalue weighted by Gasteiger charge is 2.17. The van der Waals surface area contributed by atoms with E-state index < -0.39 is 0 Å². The lowest BCUT2D eigenvalue weighted by molar-refractivity contribution is 0.305. The molecule has 0 fully saturated rings. The van der Waals surface area contributed by atoms with Gasteiger partial charge >= 0.3 is 0 Å². The summed E-state index contributed by atoms with van der Waals surface area (Å²) in [6.45, 7) is 3.03. The van der Waals surface area contributed by atoms with E-state index in [-0.39, 0.29) is 5.92 Å². The van der Waals surface area contributed by atoms with Crippen molar-refractivity contribution in [3.8, 4) is 5.75 Å². The third-order valence-corrected chi connectivity index (χ3v) is 5.97. The largest absolute Gasteiger partial charge is 0.494 e. The minimum Gasteiger partial charge on any atom is -0.494 e. The number of benzene rings is 3. The van der Waals surface area contributed by atoms with Gasteiger partial charge in [0.2, 0.25) is 0 Å². The fourth-order valence-corrected chi connectivity index (χ4v) is 3.98. The Balaban J connectivity index is 1.85. The highest BCUT2D eigenvalue weighted by molar-refractivity contribution is 5.53. The fourth-order valence-electron chi connectivity index (χ4n) is 3.98. The predicted octanol–water partition coefficient (Wildman–Crippen LogP) is 6.96. The van der Waals surface area contributed by atoms with Gasteiger partial charge in [0, 0.05) is 45.5 Å². The lowest BCUT2D eigenvalue weighted by atomic mass is 9.85. The first-order valence-corrected chi connectivity index (χ1v) is 11.8. The van der Waals surface area contributed by atoms with E-state index in [0.717, 1.165) is 18.8 Å². The van der Waals surface area contributed by atoms with Crippen LogP contribution in [0.2, 0.25) is 0 Å². The van der Waals surface area contributed by atoms with Gasteiger partial charge in [-0.3, -0.25) is 0 Å². The number of nitrogens with zero attached hydrogens (tertiary/aromatic N) is 2. The summed E-state index contributed by atoms with van der Waals surface area (Å²) in [7, 11) is 8.31. The van der Waals surface area contributed by atoms with Gasteiger partial charge in [-0.25, -0.2) is 0 Å². The average molecular weight is 431 g/mol. The van der Waals surface area contributed by atoms with Crippen molar-refractivity contribution in [2.45, 2.75) is 38.5 Å². The van der Waals surface area contributed by atoms with Crippen LogP contribution in [0.1, 0.15) is 55.2 Å². The molecule has 3 rings (SSSR count). The van der Waals surface area contributed by atoms with Crippen LogP contribution in [0.4, 0.5) is 11.4 Å². The standard InChI is InChI=1S/C29H38N2O/c1-6-7-8-9-22-32-28-20-14-25(15-21-28)29(23-10-16-26(17-11-23)30(2)3)24-12-18-27(19-13-24)31(4)5/h10-21,29H,6-9,22H2,1-5H3. The van der Waals surface area contributed by atoms with Gasteiger partial charge in [-0.1, -0.05) is 62.6 Å². The minimum absolute atomic E-state index is 0.182. The van der Waals surface area contributed by atoms with Crippen LogP contribution >= 0.6 is 0 Å². The zero-order chi connectivity index (χ0) is 22.9. The molecule has 0 amide bonds. The zero-order valence-corrected chi connectivity index (χ0v) is 20.3. The molecule has 3 nitrogen and oxygen atoms in total. The summed E-state index contributed by atoms with van der Waals surface area (Å²) in [5.74, 6) is 1.14. The number of hydrogen-bond donors (Lipinski definition) is 0. The normalized spacial score (nSPS) is 10.9. The summed E-state index contributed by atoms with van der Waals surface area (Å²) in [5.41, 5.74) is 6.28. The van der Waals surface area contributed by atoms with Crippen LogP contribution in [-0.2, 0) is 0 Å².